The third-order valence-corrected chi connectivity index (χ3v) is 2.39. The normalized spacial score (nSPS) is 12.9. The highest BCUT2D eigenvalue weighted by atomic mass is 32.2. The van der Waals surface area contributed by atoms with Gasteiger partial charge in [-0.1, -0.05) is 0 Å². The first kappa shape index (κ1) is 12.9. The summed E-state index contributed by atoms with van der Waals surface area (Å²) in [7, 11) is -3.05. The van der Waals surface area contributed by atoms with Crippen molar-refractivity contribution in [2.24, 2.45) is 5.73 Å². The Morgan fingerprint density at radius 1 is 1.64 bits per heavy atom. The molecule has 14 heavy (non-hydrogen) atoms. The smallest absolute Gasteiger partial charge is 0.237 e. The van der Waals surface area contributed by atoms with Crippen LogP contribution in [-0.4, -0.2) is 38.9 Å². The Kier molecular flexibility index (Phi) is 5.20. The van der Waals surface area contributed by atoms with E-state index in [2.05, 4.69) is 11.2 Å². The molecule has 0 aliphatic carbocycles. The number of carbonyl (C=O) groups is 1. The quantitative estimate of drug-likeness (QED) is 0.549. The average Bonchev–Trinajstić information content (AvgIpc) is 2.02. The second-order valence-electron chi connectivity index (χ2n) is 2.94. The van der Waals surface area contributed by atoms with Gasteiger partial charge >= 0.3 is 0 Å². The first-order valence-corrected chi connectivity index (χ1v) is 6.07. The molecule has 0 aromatic heterocycles. The molecule has 1 amide bonds. The highest BCUT2D eigenvalue weighted by Gasteiger charge is 2.11. The Labute approximate surface area is 84.0 Å². The third kappa shape index (κ3) is 6.46. The minimum atomic E-state index is -3.05. The molecule has 0 saturated carbocycles. The Balaban J connectivity index is 3.82. The maximum atomic E-state index is 11.1. The van der Waals surface area contributed by atoms with Crippen LogP contribution in [0.3, 0.4) is 0 Å². The summed E-state index contributed by atoms with van der Waals surface area (Å²) >= 11 is 0. The number of sulfone groups is 1. The molecule has 1 unspecified atom stereocenters. The van der Waals surface area contributed by atoms with E-state index in [0.29, 0.717) is 0 Å². The van der Waals surface area contributed by atoms with Gasteiger partial charge in [-0.25, -0.2) is 8.42 Å². The Hall–Kier alpha value is -1.06. The van der Waals surface area contributed by atoms with Crippen molar-refractivity contribution >= 4 is 15.7 Å². The zero-order chi connectivity index (χ0) is 11.2. The lowest BCUT2D eigenvalue weighted by molar-refractivity contribution is -0.122. The van der Waals surface area contributed by atoms with Crippen molar-refractivity contribution in [2.75, 3.05) is 18.6 Å². The van der Waals surface area contributed by atoms with Crippen molar-refractivity contribution in [2.45, 2.75) is 12.5 Å². The second-order valence-corrected chi connectivity index (χ2v) is 5.20. The first-order valence-electron chi connectivity index (χ1n) is 4.01. The van der Waals surface area contributed by atoms with Crippen LogP contribution in [0.4, 0.5) is 0 Å². The van der Waals surface area contributed by atoms with E-state index in [0.717, 1.165) is 6.26 Å². The lowest BCUT2D eigenvalue weighted by Crippen LogP contribution is -2.41. The Bertz CT molecular complexity index is 329. The fourth-order valence-corrected chi connectivity index (χ4v) is 1.18. The van der Waals surface area contributed by atoms with Gasteiger partial charge in [0.05, 0.1) is 11.8 Å². The van der Waals surface area contributed by atoms with Gasteiger partial charge in [0.15, 0.2) is 0 Å². The molecule has 0 radical (unpaired) electrons. The molecule has 0 bridgehead atoms. The summed E-state index contributed by atoms with van der Waals surface area (Å²) in [6.45, 7) is 0.0654. The van der Waals surface area contributed by atoms with Gasteiger partial charge in [0.2, 0.25) is 5.91 Å². The van der Waals surface area contributed by atoms with E-state index in [1.807, 2.05) is 0 Å². The number of carbonyl (C=O) groups excluding carboxylic acids is 1. The Morgan fingerprint density at radius 3 is 2.64 bits per heavy atom. The van der Waals surface area contributed by atoms with Crippen LogP contribution < -0.4 is 11.1 Å². The summed E-state index contributed by atoms with van der Waals surface area (Å²) in [6.07, 6.45) is 6.20. The van der Waals surface area contributed by atoms with Crippen LogP contribution >= 0.6 is 0 Å². The molecule has 0 spiro atoms. The van der Waals surface area contributed by atoms with E-state index in [4.69, 9.17) is 12.2 Å². The number of terminal acetylenes is 1. The molecule has 0 aliphatic heterocycles. The second kappa shape index (κ2) is 5.62. The van der Waals surface area contributed by atoms with Gasteiger partial charge in [0.25, 0.3) is 0 Å². The number of amides is 1. The predicted octanol–water partition coefficient (Wildman–Crippen LogP) is -1.50. The molecule has 0 saturated heterocycles. The predicted molar refractivity (Wildman–Crippen MR) is 54.1 cm³/mol. The minimum Gasteiger partial charge on any atom is -0.354 e. The lowest BCUT2D eigenvalue weighted by Gasteiger charge is -2.08. The van der Waals surface area contributed by atoms with Crippen LogP contribution in [0.15, 0.2) is 0 Å². The zero-order valence-electron chi connectivity index (χ0n) is 7.99. The molecule has 0 fully saturated rings. The van der Waals surface area contributed by atoms with Crippen molar-refractivity contribution in [1.82, 2.24) is 5.32 Å². The summed E-state index contributed by atoms with van der Waals surface area (Å²) < 4.78 is 21.4. The molecule has 0 aliphatic rings. The molecule has 3 N–H and O–H groups in total. The Morgan fingerprint density at radius 2 is 2.21 bits per heavy atom. The maximum absolute atomic E-state index is 11.1. The zero-order valence-corrected chi connectivity index (χ0v) is 8.80. The first-order chi connectivity index (χ1) is 6.37. The van der Waals surface area contributed by atoms with Gasteiger partial charge in [-0.15, -0.1) is 12.3 Å². The topological polar surface area (TPSA) is 89.3 Å². The van der Waals surface area contributed by atoms with Crippen molar-refractivity contribution in [3.63, 3.8) is 0 Å². The van der Waals surface area contributed by atoms with E-state index >= 15 is 0 Å². The van der Waals surface area contributed by atoms with Gasteiger partial charge in [0, 0.05) is 19.2 Å². The molecule has 0 aromatic rings. The van der Waals surface area contributed by atoms with Crippen LogP contribution in [-0.2, 0) is 14.6 Å². The highest BCUT2D eigenvalue weighted by molar-refractivity contribution is 7.90. The maximum Gasteiger partial charge on any atom is 0.237 e. The fourth-order valence-electron chi connectivity index (χ4n) is 0.710. The van der Waals surface area contributed by atoms with E-state index in [1.54, 1.807) is 0 Å². The van der Waals surface area contributed by atoms with Gasteiger partial charge in [-0.3, -0.25) is 4.79 Å². The number of hydrogen-bond donors (Lipinski definition) is 2. The van der Waals surface area contributed by atoms with Crippen molar-refractivity contribution in [1.29, 1.82) is 0 Å². The fraction of sp³-hybridized carbons (Fsp3) is 0.625. The summed E-state index contributed by atoms with van der Waals surface area (Å²) in [4.78, 5) is 11.1. The average molecular weight is 218 g/mol. The number of nitrogens with two attached hydrogens (primary N) is 1. The molecule has 0 heterocycles. The third-order valence-electron chi connectivity index (χ3n) is 1.45. The largest absolute Gasteiger partial charge is 0.354 e. The van der Waals surface area contributed by atoms with Crippen LogP contribution in [0.2, 0.25) is 0 Å². The van der Waals surface area contributed by atoms with Gasteiger partial charge < -0.3 is 11.1 Å². The van der Waals surface area contributed by atoms with Crippen LogP contribution in [0.25, 0.3) is 0 Å². The van der Waals surface area contributed by atoms with Crippen LogP contribution in [0.1, 0.15) is 6.42 Å². The minimum absolute atomic E-state index is 0.0654. The summed E-state index contributed by atoms with van der Waals surface area (Å²) in [5, 5.41) is 2.39. The standard InChI is InChI=1S/C8H14N2O3S/c1-3-4-7(9)8(11)10-5-6-14(2,12)13/h1,7H,4-6,9H2,2H3,(H,10,11). The molecule has 80 valence electrons. The van der Waals surface area contributed by atoms with E-state index in [9.17, 15) is 13.2 Å². The molecule has 0 aromatic carbocycles. The lowest BCUT2D eigenvalue weighted by atomic mass is 10.2. The van der Waals surface area contributed by atoms with Crippen molar-refractivity contribution in [3.8, 4) is 12.3 Å². The molecule has 1 atom stereocenters. The number of rotatable bonds is 5. The van der Waals surface area contributed by atoms with Crippen LogP contribution in [0.5, 0.6) is 0 Å². The van der Waals surface area contributed by atoms with Gasteiger partial charge in [0.1, 0.15) is 9.84 Å². The monoisotopic (exact) mass is 218 g/mol. The van der Waals surface area contributed by atoms with Crippen LogP contribution in [0, 0.1) is 12.3 Å². The summed E-state index contributed by atoms with van der Waals surface area (Å²) in [6, 6.07) is -0.764. The molecule has 5 nitrogen and oxygen atoms in total. The molecular weight excluding hydrogens is 204 g/mol. The van der Waals surface area contributed by atoms with Crippen molar-refractivity contribution in [3.05, 3.63) is 0 Å². The SMILES string of the molecule is C#CCC(N)C(=O)NCCS(C)(=O)=O. The molecule has 6 heteroatoms. The number of nitrogens with one attached hydrogen (secondary N) is 1. The number of hydrogen-bond acceptors (Lipinski definition) is 4. The van der Waals surface area contributed by atoms with Gasteiger partial charge in [-0.05, 0) is 0 Å². The van der Waals surface area contributed by atoms with E-state index in [1.165, 1.54) is 0 Å². The summed E-state index contributed by atoms with van der Waals surface area (Å²) in [5.74, 6) is 1.73. The summed E-state index contributed by atoms with van der Waals surface area (Å²) in [5.41, 5.74) is 5.37. The van der Waals surface area contributed by atoms with Crippen molar-refractivity contribution < 1.29 is 13.2 Å². The van der Waals surface area contributed by atoms with E-state index < -0.39 is 21.8 Å². The van der Waals surface area contributed by atoms with E-state index in [-0.39, 0.29) is 18.7 Å². The van der Waals surface area contributed by atoms with Gasteiger partial charge in [-0.2, -0.15) is 0 Å². The molecule has 0 rings (SSSR count). The highest BCUT2D eigenvalue weighted by Crippen LogP contribution is 1.86. The molecular formula is C8H14N2O3S.